The Hall–Kier alpha value is -2.40. The maximum Gasteiger partial charge on any atom is 0.258 e. The number of fused-ring (bicyclic) bond motifs is 1. The maximum atomic E-state index is 13.0. The lowest BCUT2D eigenvalue weighted by molar-refractivity contribution is 0.0666. The van der Waals surface area contributed by atoms with Crippen molar-refractivity contribution in [2.24, 2.45) is 0 Å². The zero-order chi connectivity index (χ0) is 16.8. The number of phenolic OH excluding ortho intramolecular Hbond substituents is 1. The molecule has 5 nitrogen and oxygen atoms in total. The summed E-state index contributed by atoms with van der Waals surface area (Å²) in [5, 5.41) is 13.6. The van der Waals surface area contributed by atoms with Gasteiger partial charge in [0, 0.05) is 17.3 Å². The Morgan fingerprint density at radius 2 is 2.04 bits per heavy atom. The summed E-state index contributed by atoms with van der Waals surface area (Å²) >= 11 is 6.14. The Balaban J connectivity index is 1.82. The van der Waals surface area contributed by atoms with Crippen molar-refractivity contribution >= 4 is 23.2 Å². The standard InChI is InChI=1S/C18H17ClN2O3/c1-24-15-9-10(8-13(19)16(15)22)17-20-14-5-3-2-4-12(14)18(23)21(17)11-6-7-11/h2-5,8-9,11,17,20,22H,6-7H2,1H3. The fourth-order valence-corrected chi connectivity index (χ4v) is 3.37. The molecule has 0 radical (unpaired) electrons. The zero-order valence-corrected chi connectivity index (χ0v) is 13.9. The van der Waals surface area contributed by atoms with Crippen molar-refractivity contribution in [1.82, 2.24) is 4.90 Å². The van der Waals surface area contributed by atoms with Crippen molar-refractivity contribution < 1.29 is 14.6 Å². The van der Waals surface area contributed by atoms with Gasteiger partial charge in [-0.15, -0.1) is 0 Å². The highest BCUT2D eigenvalue weighted by atomic mass is 35.5. The first-order valence-corrected chi connectivity index (χ1v) is 8.22. The summed E-state index contributed by atoms with van der Waals surface area (Å²) in [4.78, 5) is 14.8. The Labute approximate surface area is 144 Å². The van der Waals surface area contributed by atoms with Gasteiger partial charge in [-0.25, -0.2) is 0 Å². The van der Waals surface area contributed by atoms with Crippen molar-refractivity contribution in [2.75, 3.05) is 12.4 Å². The number of anilines is 1. The van der Waals surface area contributed by atoms with Gasteiger partial charge >= 0.3 is 0 Å². The van der Waals surface area contributed by atoms with Crippen molar-refractivity contribution in [3.63, 3.8) is 0 Å². The summed E-state index contributed by atoms with van der Waals surface area (Å²) in [6.45, 7) is 0. The van der Waals surface area contributed by atoms with E-state index in [2.05, 4.69) is 5.32 Å². The van der Waals surface area contributed by atoms with Crippen LogP contribution < -0.4 is 10.1 Å². The molecule has 1 saturated carbocycles. The highest BCUT2D eigenvalue weighted by molar-refractivity contribution is 6.32. The van der Waals surface area contributed by atoms with Gasteiger partial charge < -0.3 is 20.1 Å². The third kappa shape index (κ3) is 2.36. The van der Waals surface area contributed by atoms with E-state index in [1.165, 1.54) is 7.11 Å². The number of phenols is 1. The topological polar surface area (TPSA) is 61.8 Å². The zero-order valence-electron chi connectivity index (χ0n) is 13.1. The molecule has 1 unspecified atom stereocenters. The van der Waals surface area contributed by atoms with Crippen LogP contribution in [0.5, 0.6) is 11.5 Å². The van der Waals surface area contributed by atoms with Crippen molar-refractivity contribution in [2.45, 2.75) is 25.0 Å². The molecule has 2 aromatic rings. The van der Waals surface area contributed by atoms with Gasteiger partial charge in [-0.05, 0) is 37.1 Å². The van der Waals surface area contributed by atoms with Gasteiger partial charge in [0.05, 0.1) is 17.7 Å². The largest absolute Gasteiger partial charge is 0.503 e. The lowest BCUT2D eigenvalue weighted by atomic mass is 10.0. The highest BCUT2D eigenvalue weighted by Crippen LogP contribution is 2.44. The van der Waals surface area contributed by atoms with Crippen LogP contribution in [0.1, 0.15) is 34.9 Å². The van der Waals surface area contributed by atoms with E-state index in [0.29, 0.717) is 11.3 Å². The number of carbonyl (C=O) groups excluding carboxylic acids is 1. The minimum Gasteiger partial charge on any atom is -0.503 e. The van der Waals surface area contributed by atoms with E-state index in [0.717, 1.165) is 24.1 Å². The highest BCUT2D eigenvalue weighted by Gasteiger charge is 2.42. The van der Waals surface area contributed by atoms with Crippen LogP contribution in [-0.4, -0.2) is 29.1 Å². The molecule has 1 heterocycles. The third-order valence-electron chi connectivity index (χ3n) is 4.49. The normalized spacial score (nSPS) is 19.7. The molecule has 1 aliphatic heterocycles. The van der Waals surface area contributed by atoms with Crippen LogP contribution in [0.3, 0.4) is 0 Å². The van der Waals surface area contributed by atoms with E-state index in [1.54, 1.807) is 12.1 Å². The van der Waals surface area contributed by atoms with Gasteiger partial charge in [0.25, 0.3) is 5.91 Å². The molecule has 0 saturated heterocycles. The van der Waals surface area contributed by atoms with E-state index < -0.39 is 0 Å². The first kappa shape index (κ1) is 15.1. The lowest BCUT2D eigenvalue weighted by Crippen LogP contribution is -2.44. The second-order valence-electron chi connectivity index (χ2n) is 6.09. The average molecular weight is 345 g/mol. The number of carbonyl (C=O) groups is 1. The predicted molar refractivity (Wildman–Crippen MR) is 91.7 cm³/mol. The molecule has 0 spiro atoms. The SMILES string of the molecule is COc1cc(C2Nc3ccccc3C(=O)N2C2CC2)cc(Cl)c1O. The number of amides is 1. The summed E-state index contributed by atoms with van der Waals surface area (Å²) in [5.41, 5.74) is 2.26. The Bertz CT molecular complexity index is 820. The second kappa shape index (κ2) is 5.60. The number of hydrogen-bond donors (Lipinski definition) is 2. The Morgan fingerprint density at radius 1 is 1.29 bits per heavy atom. The third-order valence-corrected chi connectivity index (χ3v) is 4.78. The molecule has 2 aliphatic rings. The quantitative estimate of drug-likeness (QED) is 0.889. The predicted octanol–water partition coefficient (Wildman–Crippen LogP) is 3.78. The molecule has 0 bridgehead atoms. The van der Waals surface area contributed by atoms with Gasteiger partial charge in [-0.3, -0.25) is 4.79 Å². The molecule has 4 rings (SSSR count). The molecule has 1 fully saturated rings. The van der Waals surface area contributed by atoms with Crippen LogP contribution >= 0.6 is 11.6 Å². The number of halogens is 1. The monoisotopic (exact) mass is 344 g/mol. The van der Waals surface area contributed by atoms with Crippen molar-refractivity contribution in [3.8, 4) is 11.5 Å². The number of aromatic hydroxyl groups is 1. The van der Waals surface area contributed by atoms with Crippen molar-refractivity contribution in [3.05, 3.63) is 52.5 Å². The molecular weight excluding hydrogens is 328 g/mol. The van der Waals surface area contributed by atoms with Crippen LogP contribution in [0.15, 0.2) is 36.4 Å². The number of ether oxygens (including phenoxy) is 1. The van der Waals surface area contributed by atoms with Gasteiger partial charge in [0.15, 0.2) is 11.5 Å². The van der Waals surface area contributed by atoms with E-state index in [1.807, 2.05) is 29.2 Å². The minimum atomic E-state index is -0.341. The number of nitrogens with one attached hydrogen (secondary N) is 1. The summed E-state index contributed by atoms with van der Waals surface area (Å²) in [7, 11) is 1.47. The maximum absolute atomic E-state index is 13.0. The van der Waals surface area contributed by atoms with Crippen LogP contribution in [0, 0.1) is 0 Å². The van der Waals surface area contributed by atoms with Crippen LogP contribution in [-0.2, 0) is 0 Å². The first-order chi connectivity index (χ1) is 11.6. The lowest BCUT2D eigenvalue weighted by Gasteiger charge is -2.38. The van der Waals surface area contributed by atoms with Gasteiger partial charge in [-0.2, -0.15) is 0 Å². The van der Waals surface area contributed by atoms with E-state index >= 15 is 0 Å². The molecule has 2 aromatic carbocycles. The molecule has 2 N–H and O–H groups in total. The molecule has 124 valence electrons. The number of methoxy groups -OCH3 is 1. The summed E-state index contributed by atoms with van der Waals surface area (Å²) < 4.78 is 5.20. The molecule has 1 aliphatic carbocycles. The average Bonchev–Trinajstić information content (AvgIpc) is 3.42. The number of hydrogen-bond acceptors (Lipinski definition) is 4. The first-order valence-electron chi connectivity index (χ1n) is 7.84. The fourth-order valence-electron chi connectivity index (χ4n) is 3.15. The van der Waals surface area contributed by atoms with Gasteiger partial charge in [0.1, 0.15) is 6.17 Å². The smallest absolute Gasteiger partial charge is 0.258 e. The van der Waals surface area contributed by atoms with Crippen molar-refractivity contribution in [1.29, 1.82) is 0 Å². The summed E-state index contributed by atoms with van der Waals surface area (Å²) in [5.74, 6) is 0.213. The number of para-hydroxylation sites is 1. The van der Waals surface area contributed by atoms with Crippen LogP contribution in [0.4, 0.5) is 5.69 Å². The molecule has 1 atom stereocenters. The number of benzene rings is 2. The van der Waals surface area contributed by atoms with Crippen LogP contribution in [0.25, 0.3) is 0 Å². The summed E-state index contributed by atoms with van der Waals surface area (Å²) in [6, 6.07) is 11.1. The Kier molecular flexibility index (Phi) is 3.53. The molecule has 6 heteroatoms. The second-order valence-corrected chi connectivity index (χ2v) is 6.50. The van der Waals surface area contributed by atoms with Gasteiger partial charge in [-0.1, -0.05) is 23.7 Å². The van der Waals surface area contributed by atoms with E-state index in [9.17, 15) is 9.90 Å². The minimum absolute atomic E-state index is 0.0139. The van der Waals surface area contributed by atoms with E-state index in [4.69, 9.17) is 16.3 Å². The molecule has 1 amide bonds. The van der Waals surface area contributed by atoms with E-state index in [-0.39, 0.29) is 28.9 Å². The fraction of sp³-hybridized carbons (Fsp3) is 0.278. The number of rotatable bonds is 3. The van der Waals surface area contributed by atoms with Crippen LogP contribution in [0.2, 0.25) is 5.02 Å². The Morgan fingerprint density at radius 3 is 2.75 bits per heavy atom. The van der Waals surface area contributed by atoms with Gasteiger partial charge in [0.2, 0.25) is 0 Å². The molecule has 0 aromatic heterocycles. The molecular formula is C18H17ClN2O3. The number of nitrogens with zero attached hydrogens (tertiary/aromatic N) is 1. The summed E-state index contributed by atoms with van der Waals surface area (Å²) in [6.07, 6.45) is 1.65. The molecule has 24 heavy (non-hydrogen) atoms.